The van der Waals surface area contributed by atoms with Crippen LogP contribution in [0.5, 0.6) is 5.75 Å². The topological polar surface area (TPSA) is 64.8 Å². The number of carbonyl (C=O) groups is 1. The molecule has 110 valence electrons. The number of hydrogen-bond acceptors (Lipinski definition) is 4. The molecule has 5 heteroatoms. The van der Waals surface area contributed by atoms with Crippen molar-refractivity contribution in [3.63, 3.8) is 0 Å². The Kier molecular flexibility index (Phi) is 5.24. The third-order valence-electron chi connectivity index (χ3n) is 3.30. The van der Waals surface area contributed by atoms with Gasteiger partial charge >= 0.3 is 0 Å². The maximum atomic E-state index is 12.1. The standard InChI is InChI=1S/C15H22N2O3/c1-12-11-17(8-4-9-19-12)15(18)7-10-20-14-6-3-2-5-13(14)16/h2-3,5-6,12H,4,7-11,16H2,1H3. The van der Waals surface area contributed by atoms with E-state index in [0.29, 0.717) is 31.0 Å². The summed E-state index contributed by atoms with van der Waals surface area (Å²) in [7, 11) is 0. The molecular weight excluding hydrogens is 256 g/mol. The van der Waals surface area contributed by atoms with Crippen molar-refractivity contribution >= 4 is 11.6 Å². The van der Waals surface area contributed by atoms with Crippen molar-refractivity contribution in [3.8, 4) is 5.75 Å². The first-order valence-electron chi connectivity index (χ1n) is 7.03. The summed E-state index contributed by atoms with van der Waals surface area (Å²) in [6.07, 6.45) is 1.36. The van der Waals surface area contributed by atoms with Gasteiger partial charge in [0.2, 0.25) is 5.91 Å². The minimum absolute atomic E-state index is 0.104. The molecule has 0 spiro atoms. The second-order valence-corrected chi connectivity index (χ2v) is 5.01. The molecule has 1 fully saturated rings. The van der Waals surface area contributed by atoms with E-state index in [-0.39, 0.29) is 12.0 Å². The predicted octanol–water partition coefficient (Wildman–Crippen LogP) is 1.68. The summed E-state index contributed by atoms with van der Waals surface area (Å²) in [6.45, 7) is 4.48. The SMILES string of the molecule is CC1CN(C(=O)CCOc2ccccc2N)CCCO1. The van der Waals surface area contributed by atoms with E-state index >= 15 is 0 Å². The summed E-state index contributed by atoms with van der Waals surface area (Å²) in [4.78, 5) is 14.0. The van der Waals surface area contributed by atoms with Gasteiger partial charge in [-0.1, -0.05) is 12.1 Å². The third-order valence-corrected chi connectivity index (χ3v) is 3.30. The van der Waals surface area contributed by atoms with Gasteiger partial charge in [-0.05, 0) is 25.5 Å². The van der Waals surface area contributed by atoms with Gasteiger partial charge in [0.15, 0.2) is 0 Å². The van der Waals surface area contributed by atoms with E-state index in [1.807, 2.05) is 30.0 Å². The lowest BCUT2D eigenvalue weighted by atomic mass is 10.3. The zero-order valence-electron chi connectivity index (χ0n) is 11.9. The van der Waals surface area contributed by atoms with E-state index in [9.17, 15) is 4.79 Å². The molecular formula is C15H22N2O3. The summed E-state index contributed by atoms with van der Waals surface area (Å²) in [5.41, 5.74) is 6.38. The van der Waals surface area contributed by atoms with Gasteiger partial charge in [0.25, 0.3) is 0 Å². The van der Waals surface area contributed by atoms with Gasteiger partial charge in [-0.15, -0.1) is 0 Å². The van der Waals surface area contributed by atoms with Crippen molar-refractivity contribution in [2.45, 2.75) is 25.9 Å². The number of ether oxygens (including phenoxy) is 2. The first kappa shape index (κ1) is 14.7. The second kappa shape index (κ2) is 7.14. The van der Waals surface area contributed by atoms with Gasteiger partial charge in [0.05, 0.1) is 24.8 Å². The number of nitrogens with zero attached hydrogens (tertiary/aromatic N) is 1. The highest BCUT2D eigenvalue weighted by Crippen LogP contribution is 2.19. The zero-order chi connectivity index (χ0) is 14.4. The Morgan fingerprint density at radius 3 is 3.10 bits per heavy atom. The number of anilines is 1. The largest absolute Gasteiger partial charge is 0.491 e. The Hall–Kier alpha value is -1.75. The van der Waals surface area contributed by atoms with E-state index in [0.717, 1.165) is 19.6 Å². The molecule has 1 aliphatic rings. The summed E-state index contributed by atoms with van der Waals surface area (Å²) >= 11 is 0. The van der Waals surface area contributed by atoms with Crippen molar-refractivity contribution in [3.05, 3.63) is 24.3 Å². The maximum absolute atomic E-state index is 12.1. The molecule has 1 saturated heterocycles. The fourth-order valence-electron chi connectivity index (χ4n) is 2.24. The fourth-order valence-corrected chi connectivity index (χ4v) is 2.24. The maximum Gasteiger partial charge on any atom is 0.226 e. The average molecular weight is 278 g/mol. The van der Waals surface area contributed by atoms with Gasteiger partial charge < -0.3 is 20.1 Å². The number of nitrogens with two attached hydrogens (primary N) is 1. The second-order valence-electron chi connectivity index (χ2n) is 5.01. The van der Waals surface area contributed by atoms with Crippen LogP contribution in [-0.4, -0.2) is 43.2 Å². The van der Waals surface area contributed by atoms with Crippen LogP contribution in [0.3, 0.4) is 0 Å². The summed E-state index contributed by atoms with van der Waals surface area (Å²) in [5, 5.41) is 0. The molecule has 20 heavy (non-hydrogen) atoms. The van der Waals surface area contributed by atoms with Gasteiger partial charge in [0, 0.05) is 19.7 Å². The van der Waals surface area contributed by atoms with E-state index in [4.69, 9.17) is 15.2 Å². The number of nitrogen functional groups attached to an aromatic ring is 1. The highest BCUT2D eigenvalue weighted by Gasteiger charge is 2.19. The Morgan fingerprint density at radius 2 is 2.30 bits per heavy atom. The Bertz CT molecular complexity index is 450. The van der Waals surface area contributed by atoms with Gasteiger partial charge in [-0.2, -0.15) is 0 Å². The van der Waals surface area contributed by atoms with Crippen LogP contribution in [0.15, 0.2) is 24.3 Å². The Balaban J connectivity index is 1.78. The van der Waals surface area contributed by atoms with E-state index in [2.05, 4.69) is 0 Å². The first-order valence-corrected chi connectivity index (χ1v) is 7.03. The van der Waals surface area contributed by atoms with Crippen molar-refractivity contribution in [1.29, 1.82) is 0 Å². The molecule has 0 bridgehead atoms. The highest BCUT2D eigenvalue weighted by atomic mass is 16.5. The van der Waals surface area contributed by atoms with Crippen LogP contribution in [0.4, 0.5) is 5.69 Å². The third kappa shape index (κ3) is 4.13. The molecule has 1 unspecified atom stereocenters. The highest BCUT2D eigenvalue weighted by molar-refractivity contribution is 5.76. The molecule has 0 radical (unpaired) electrons. The molecule has 5 nitrogen and oxygen atoms in total. The van der Waals surface area contributed by atoms with Crippen LogP contribution < -0.4 is 10.5 Å². The van der Waals surface area contributed by atoms with Gasteiger partial charge in [0.1, 0.15) is 5.75 Å². The van der Waals surface area contributed by atoms with Crippen molar-refractivity contribution in [1.82, 2.24) is 4.90 Å². The number of para-hydroxylation sites is 2. The molecule has 1 aliphatic heterocycles. The molecule has 1 aromatic carbocycles. The molecule has 0 saturated carbocycles. The number of rotatable bonds is 4. The lowest BCUT2D eigenvalue weighted by molar-refractivity contribution is -0.132. The van der Waals surface area contributed by atoms with Crippen LogP contribution in [-0.2, 0) is 9.53 Å². The number of carbonyl (C=O) groups excluding carboxylic acids is 1. The quantitative estimate of drug-likeness (QED) is 0.851. The summed E-state index contributed by atoms with van der Waals surface area (Å²) in [5.74, 6) is 0.740. The van der Waals surface area contributed by atoms with E-state index in [1.54, 1.807) is 6.07 Å². The first-order chi connectivity index (χ1) is 9.66. The van der Waals surface area contributed by atoms with Crippen LogP contribution in [0.2, 0.25) is 0 Å². The minimum atomic E-state index is 0.104. The lowest BCUT2D eigenvalue weighted by Crippen LogP contribution is -2.36. The van der Waals surface area contributed by atoms with Crippen molar-refractivity contribution in [2.75, 3.05) is 32.0 Å². The molecule has 0 aromatic heterocycles. The van der Waals surface area contributed by atoms with Crippen LogP contribution in [0, 0.1) is 0 Å². The average Bonchev–Trinajstić information content (AvgIpc) is 2.65. The number of amides is 1. The number of benzene rings is 1. The fraction of sp³-hybridized carbons (Fsp3) is 0.533. The normalized spacial score (nSPS) is 19.4. The minimum Gasteiger partial charge on any atom is -0.491 e. The molecule has 0 aliphatic carbocycles. The zero-order valence-corrected chi connectivity index (χ0v) is 11.9. The Labute approximate surface area is 119 Å². The molecule has 1 aromatic rings. The van der Waals surface area contributed by atoms with Crippen LogP contribution in [0.25, 0.3) is 0 Å². The molecule has 1 atom stereocenters. The molecule has 1 heterocycles. The van der Waals surface area contributed by atoms with Crippen LogP contribution >= 0.6 is 0 Å². The molecule has 1 amide bonds. The Morgan fingerprint density at radius 1 is 1.50 bits per heavy atom. The van der Waals surface area contributed by atoms with Crippen molar-refractivity contribution in [2.24, 2.45) is 0 Å². The van der Waals surface area contributed by atoms with E-state index in [1.165, 1.54) is 0 Å². The van der Waals surface area contributed by atoms with Gasteiger partial charge in [-0.25, -0.2) is 0 Å². The van der Waals surface area contributed by atoms with Gasteiger partial charge in [-0.3, -0.25) is 4.79 Å². The monoisotopic (exact) mass is 278 g/mol. The summed E-state index contributed by atoms with van der Waals surface area (Å²) < 4.78 is 11.1. The lowest BCUT2D eigenvalue weighted by Gasteiger charge is -2.22. The van der Waals surface area contributed by atoms with Crippen LogP contribution in [0.1, 0.15) is 19.8 Å². The smallest absolute Gasteiger partial charge is 0.226 e. The molecule has 2 N–H and O–H groups in total. The van der Waals surface area contributed by atoms with E-state index < -0.39 is 0 Å². The summed E-state index contributed by atoms with van der Waals surface area (Å²) in [6, 6.07) is 7.31. The predicted molar refractivity (Wildman–Crippen MR) is 77.6 cm³/mol. The van der Waals surface area contributed by atoms with Crippen molar-refractivity contribution < 1.29 is 14.3 Å². The number of hydrogen-bond donors (Lipinski definition) is 1. The molecule has 2 rings (SSSR count).